The molecular formula is C16H13N3O6S. The average Bonchev–Trinajstić information content (AvgIpc) is 3.05. The van der Waals surface area contributed by atoms with Crippen LogP contribution in [0.15, 0.2) is 57.4 Å². The molecule has 10 heteroatoms. The molecule has 2 heterocycles. The largest absolute Gasteiger partial charge is 0.460 e. The Kier molecular flexibility index (Phi) is 4.69. The highest BCUT2D eigenvalue weighted by molar-refractivity contribution is 7.89. The van der Waals surface area contributed by atoms with Crippen molar-refractivity contribution in [2.75, 3.05) is 0 Å². The van der Waals surface area contributed by atoms with E-state index in [1.54, 1.807) is 18.2 Å². The molecule has 0 saturated carbocycles. The topological polar surface area (TPSA) is 135 Å². The van der Waals surface area contributed by atoms with Crippen molar-refractivity contribution >= 4 is 33.9 Å². The molecule has 1 aromatic carbocycles. The van der Waals surface area contributed by atoms with Gasteiger partial charge in [0.05, 0.1) is 11.4 Å². The number of hydrogen-bond donors (Lipinski definition) is 3. The van der Waals surface area contributed by atoms with Gasteiger partial charge in [-0.1, -0.05) is 18.2 Å². The van der Waals surface area contributed by atoms with Gasteiger partial charge >= 0.3 is 6.03 Å². The minimum absolute atomic E-state index is 0.114. The van der Waals surface area contributed by atoms with E-state index < -0.39 is 27.9 Å². The molecular weight excluding hydrogens is 362 g/mol. The number of amides is 4. The van der Waals surface area contributed by atoms with Gasteiger partial charge in [-0.25, -0.2) is 17.9 Å². The van der Waals surface area contributed by atoms with Crippen LogP contribution in [0.5, 0.6) is 0 Å². The van der Waals surface area contributed by atoms with E-state index in [-0.39, 0.29) is 28.5 Å². The number of furan rings is 1. The maximum Gasteiger partial charge on any atom is 0.328 e. The summed E-state index contributed by atoms with van der Waals surface area (Å²) in [4.78, 5) is 34.4. The first kappa shape index (κ1) is 17.6. The molecule has 0 radical (unpaired) electrons. The predicted molar refractivity (Wildman–Crippen MR) is 88.8 cm³/mol. The first-order chi connectivity index (χ1) is 12.3. The van der Waals surface area contributed by atoms with Crippen LogP contribution in [-0.4, -0.2) is 26.3 Å². The van der Waals surface area contributed by atoms with Gasteiger partial charge in [0, 0.05) is 0 Å². The molecule has 134 valence electrons. The van der Waals surface area contributed by atoms with Crippen molar-refractivity contribution in [3.05, 3.63) is 59.6 Å². The number of imide groups is 2. The van der Waals surface area contributed by atoms with Gasteiger partial charge in [-0.2, -0.15) is 0 Å². The molecule has 1 aliphatic heterocycles. The summed E-state index contributed by atoms with van der Waals surface area (Å²) in [5, 5.41) is 3.88. The van der Waals surface area contributed by atoms with Crippen LogP contribution < -0.4 is 15.4 Å². The van der Waals surface area contributed by atoms with E-state index in [0.717, 1.165) is 6.08 Å². The highest BCUT2D eigenvalue weighted by Crippen LogP contribution is 2.15. The first-order valence-electron chi connectivity index (χ1n) is 7.37. The third kappa shape index (κ3) is 3.87. The van der Waals surface area contributed by atoms with Crippen molar-refractivity contribution in [2.24, 2.45) is 0 Å². The van der Waals surface area contributed by atoms with Crippen LogP contribution in [-0.2, 0) is 26.2 Å². The van der Waals surface area contributed by atoms with E-state index in [1.165, 1.54) is 24.3 Å². The first-order valence-corrected chi connectivity index (χ1v) is 8.85. The summed E-state index contributed by atoms with van der Waals surface area (Å²) in [7, 11) is -3.69. The van der Waals surface area contributed by atoms with E-state index in [2.05, 4.69) is 4.72 Å². The number of urea groups is 1. The van der Waals surface area contributed by atoms with Crippen molar-refractivity contribution in [3.63, 3.8) is 0 Å². The summed E-state index contributed by atoms with van der Waals surface area (Å²) in [6, 6.07) is 9.92. The van der Waals surface area contributed by atoms with Crippen LogP contribution in [0, 0.1) is 0 Å². The Morgan fingerprint density at radius 2 is 1.62 bits per heavy atom. The maximum absolute atomic E-state index is 12.1. The van der Waals surface area contributed by atoms with Crippen LogP contribution in [0.4, 0.5) is 4.79 Å². The molecule has 0 unspecified atom stereocenters. The second kappa shape index (κ2) is 6.94. The molecule has 26 heavy (non-hydrogen) atoms. The smallest absolute Gasteiger partial charge is 0.328 e. The SMILES string of the molecule is O=C1NC(=O)C(=Cc2ccc(CNS(=O)(=O)c3ccccc3)o2)C(=O)N1. The Morgan fingerprint density at radius 3 is 2.27 bits per heavy atom. The Morgan fingerprint density at radius 1 is 0.962 bits per heavy atom. The molecule has 4 amide bonds. The summed E-state index contributed by atoms with van der Waals surface area (Å²) < 4.78 is 32.1. The molecule has 9 nitrogen and oxygen atoms in total. The van der Waals surface area contributed by atoms with E-state index >= 15 is 0 Å². The minimum atomic E-state index is -3.69. The van der Waals surface area contributed by atoms with Crippen LogP contribution in [0.3, 0.4) is 0 Å². The van der Waals surface area contributed by atoms with Gasteiger partial charge < -0.3 is 4.42 Å². The number of barbiturate groups is 1. The molecule has 1 fully saturated rings. The van der Waals surface area contributed by atoms with Crippen molar-refractivity contribution in [1.82, 2.24) is 15.4 Å². The fourth-order valence-electron chi connectivity index (χ4n) is 2.16. The molecule has 1 saturated heterocycles. The summed E-state index contributed by atoms with van der Waals surface area (Å²) in [5.74, 6) is -1.25. The fourth-order valence-corrected chi connectivity index (χ4v) is 3.18. The number of benzene rings is 1. The second-order valence-corrected chi connectivity index (χ2v) is 7.00. The van der Waals surface area contributed by atoms with E-state index in [1.807, 2.05) is 10.6 Å². The number of carbonyl (C=O) groups excluding carboxylic acids is 3. The minimum Gasteiger partial charge on any atom is -0.460 e. The molecule has 1 aromatic heterocycles. The number of carbonyl (C=O) groups is 3. The lowest BCUT2D eigenvalue weighted by Gasteiger charge is -2.13. The average molecular weight is 375 g/mol. The Balaban J connectivity index is 1.71. The van der Waals surface area contributed by atoms with Crippen molar-refractivity contribution < 1.29 is 27.2 Å². The molecule has 2 aromatic rings. The van der Waals surface area contributed by atoms with Crippen LogP contribution in [0.1, 0.15) is 11.5 Å². The summed E-state index contributed by atoms with van der Waals surface area (Å²) >= 11 is 0. The lowest BCUT2D eigenvalue weighted by molar-refractivity contribution is -0.123. The number of sulfonamides is 1. The lowest BCUT2D eigenvalue weighted by atomic mass is 10.1. The highest BCUT2D eigenvalue weighted by atomic mass is 32.2. The van der Waals surface area contributed by atoms with E-state index in [0.29, 0.717) is 0 Å². The second-order valence-electron chi connectivity index (χ2n) is 5.24. The summed E-state index contributed by atoms with van der Waals surface area (Å²) in [6.07, 6.45) is 1.16. The van der Waals surface area contributed by atoms with E-state index in [4.69, 9.17) is 4.42 Å². The number of nitrogens with one attached hydrogen (secondary N) is 3. The van der Waals surface area contributed by atoms with Gasteiger partial charge in [-0.05, 0) is 30.3 Å². The molecule has 1 aliphatic rings. The molecule has 3 rings (SSSR count). The number of rotatable bonds is 5. The normalized spacial score (nSPS) is 14.8. The van der Waals surface area contributed by atoms with Gasteiger partial charge in [-0.15, -0.1) is 0 Å². The van der Waals surface area contributed by atoms with Crippen molar-refractivity contribution in [1.29, 1.82) is 0 Å². The van der Waals surface area contributed by atoms with Gasteiger partial charge in [-0.3, -0.25) is 20.2 Å². The van der Waals surface area contributed by atoms with Crippen molar-refractivity contribution in [2.45, 2.75) is 11.4 Å². The van der Waals surface area contributed by atoms with Gasteiger partial charge in [0.1, 0.15) is 17.1 Å². The van der Waals surface area contributed by atoms with Gasteiger partial charge in [0.15, 0.2) is 0 Å². The van der Waals surface area contributed by atoms with Gasteiger partial charge in [0.25, 0.3) is 11.8 Å². The summed E-state index contributed by atoms with van der Waals surface area (Å²) in [6.45, 7) is -0.114. The molecule has 0 atom stereocenters. The van der Waals surface area contributed by atoms with Crippen molar-refractivity contribution in [3.8, 4) is 0 Å². The molecule has 0 aliphatic carbocycles. The Labute approximate surface area is 148 Å². The van der Waals surface area contributed by atoms with Crippen LogP contribution >= 0.6 is 0 Å². The molecule has 0 spiro atoms. The quantitative estimate of drug-likeness (QED) is 0.515. The number of hydrogen-bond acceptors (Lipinski definition) is 6. The van der Waals surface area contributed by atoms with Crippen LogP contribution in [0.25, 0.3) is 6.08 Å². The summed E-state index contributed by atoms with van der Waals surface area (Å²) in [5.41, 5.74) is -0.296. The molecule has 0 bridgehead atoms. The predicted octanol–water partition coefficient (Wildman–Crippen LogP) is 0.507. The van der Waals surface area contributed by atoms with Gasteiger partial charge in [0.2, 0.25) is 10.0 Å². The molecule has 3 N–H and O–H groups in total. The van der Waals surface area contributed by atoms with Crippen LogP contribution in [0.2, 0.25) is 0 Å². The zero-order valence-electron chi connectivity index (χ0n) is 13.2. The standard InChI is InChI=1S/C16H13N3O6S/c20-14-13(15(21)19-16(22)18-14)8-10-6-7-11(25-10)9-17-26(23,24)12-4-2-1-3-5-12/h1-8,17H,9H2,(H2,18,19,20,21,22). The maximum atomic E-state index is 12.1. The third-order valence-corrected chi connectivity index (χ3v) is 4.82. The zero-order chi connectivity index (χ0) is 18.7. The zero-order valence-corrected chi connectivity index (χ0v) is 14.0. The highest BCUT2D eigenvalue weighted by Gasteiger charge is 2.28. The Bertz CT molecular complexity index is 986. The monoisotopic (exact) mass is 375 g/mol. The Hall–Kier alpha value is -3.24. The fraction of sp³-hybridized carbons (Fsp3) is 0.0625. The lowest BCUT2D eigenvalue weighted by Crippen LogP contribution is -2.51. The van der Waals surface area contributed by atoms with E-state index in [9.17, 15) is 22.8 Å². The third-order valence-electron chi connectivity index (χ3n) is 3.40.